The number of imidazole rings is 1. The standard InChI is InChI=1S/C13H11ClN2/c1-15-6-7-16-9-11(8-13(15)16)10-2-4-12(14)5-3-10/h2-9H,1H3. The summed E-state index contributed by atoms with van der Waals surface area (Å²) in [7, 11) is 2.04. The minimum atomic E-state index is 0.771. The average molecular weight is 231 g/mol. The van der Waals surface area contributed by atoms with E-state index in [1.807, 2.05) is 37.5 Å². The highest BCUT2D eigenvalue weighted by atomic mass is 35.5. The summed E-state index contributed by atoms with van der Waals surface area (Å²) in [6, 6.07) is 10.1. The molecule has 2 aromatic heterocycles. The van der Waals surface area contributed by atoms with Gasteiger partial charge in [0.05, 0.1) is 0 Å². The summed E-state index contributed by atoms with van der Waals surface area (Å²) in [6.45, 7) is 0. The smallest absolute Gasteiger partial charge is 0.117 e. The van der Waals surface area contributed by atoms with Crippen molar-refractivity contribution in [2.45, 2.75) is 0 Å². The van der Waals surface area contributed by atoms with Crippen molar-refractivity contribution in [3.63, 3.8) is 0 Å². The van der Waals surface area contributed by atoms with Crippen molar-refractivity contribution in [3.05, 3.63) is 53.9 Å². The molecule has 2 heterocycles. The summed E-state index contributed by atoms with van der Waals surface area (Å²) >= 11 is 5.87. The number of hydrogen-bond acceptors (Lipinski definition) is 0. The molecule has 80 valence electrons. The van der Waals surface area contributed by atoms with Gasteiger partial charge < -0.3 is 8.97 Å². The summed E-state index contributed by atoms with van der Waals surface area (Å²) in [5.74, 6) is 0. The van der Waals surface area contributed by atoms with Gasteiger partial charge in [0.15, 0.2) is 0 Å². The zero-order chi connectivity index (χ0) is 11.1. The van der Waals surface area contributed by atoms with Crippen LogP contribution < -0.4 is 0 Å². The summed E-state index contributed by atoms with van der Waals surface area (Å²) in [6.07, 6.45) is 6.22. The van der Waals surface area contributed by atoms with E-state index in [2.05, 4.69) is 27.4 Å². The van der Waals surface area contributed by atoms with Crippen LogP contribution in [0.3, 0.4) is 0 Å². The first-order valence-corrected chi connectivity index (χ1v) is 5.51. The average Bonchev–Trinajstić information content (AvgIpc) is 2.83. The van der Waals surface area contributed by atoms with Gasteiger partial charge in [-0.3, -0.25) is 0 Å². The molecule has 0 aliphatic rings. The Morgan fingerprint density at radius 2 is 1.75 bits per heavy atom. The Hall–Kier alpha value is -1.67. The van der Waals surface area contributed by atoms with E-state index in [0.717, 1.165) is 5.02 Å². The fourth-order valence-electron chi connectivity index (χ4n) is 1.92. The first kappa shape index (κ1) is 9.55. The van der Waals surface area contributed by atoms with Crippen molar-refractivity contribution < 1.29 is 0 Å². The maximum atomic E-state index is 5.87. The van der Waals surface area contributed by atoms with E-state index >= 15 is 0 Å². The molecule has 0 saturated heterocycles. The lowest BCUT2D eigenvalue weighted by Crippen LogP contribution is -1.82. The Balaban J connectivity index is 2.15. The molecular formula is C13H11ClN2. The van der Waals surface area contributed by atoms with Gasteiger partial charge in [-0.05, 0) is 23.8 Å². The number of aromatic nitrogens is 2. The number of rotatable bonds is 1. The predicted octanol–water partition coefficient (Wildman–Crippen LogP) is 3.60. The van der Waals surface area contributed by atoms with Gasteiger partial charge in [-0.1, -0.05) is 23.7 Å². The van der Waals surface area contributed by atoms with Crippen molar-refractivity contribution >= 4 is 17.2 Å². The van der Waals surface area contributed by atoms with Crippen LogP contribution in [0.25, 0.3) is 16.8 Å². The number of nitrogens with zero attached hydrogens (tertiary/aromatic N) is 2. The second kappa shape index (κ2) is 3.42. The molecule has 0 unspecified atom stereocenters. The molecule has 0 radical (unpaired) electrons. The summed E-state index contributed by atoms with van der Waals surface area (Å²) in [4.78, 5) is 0. The zero-order valence-electron chi connectivity index (χ0n) is 8.89. The van der Waals surface area contributed by atoms with Gasteiger partial charge >= 0.3 is 0 Å². The Bertz CT molecular complexity index is 632. The quantitative estimate of drug-likeness (QED) is 0.604. The zero-order valence-corrected chi connectivity index (χ0v) is 9.65. The van der Waals surface area contributed by atoms with E-state index in [0.29, 0.717) is 0 Å². The number of benzene rings is 1. The molecule has 0 aliphatic carbocycles. The Morgan fingerprint density at radius 1 is 1.00 bits per heavy atom. The van der Waals surface area contributed by atoms with Crippen molar-refractivity contribution in [2.24, 2.45) is 7.05 Å². The molecule has 3 aromatic rings. The Morgan fingerprint density at radius 3 is 2.44 bits per heavy atom. The highest BCUT2D eigenvalue weighted by Crippen LogP contribution is 2.24. The van der Waals surface area contributed by atoms with E-state index in [1.165, 1.54) is 16.8 Å². The van der Waals surface area contributed by atoms with Crippen LogP contribution in [0.15, 0.2) is 48.9 Å². The van der Waals surface area contributed by atoms with E-state index in [4.69, 9.17) is 11.6 Å². The summed E-state index contributed by atoms with van der Waals surface area (Å²) in [5, 5.41) is 0.771. The molecule has 16 heavy (non-hydrogen) atoms. The van der Waals surface area contributed by atoms with Gasteiger partial charge in [0.2, 0.25) is 0 Å². The second-order valence-corrected chi connectivity index (χ2v) is 4.35. The van der Waals surface area contributed by atoms with E-state index in [1.54, 1.807) is 0 Å². The van der Waals surface area contributed by atoms with E-state index in [9.17, 15) is 0 Å². The maximum Gasteiger partial charge on any atom is 0.117 e. The van der Waals surface area contributed by atoms with Crippen molar-refractivity contribution in [3.8, 4) is 11.1 Å². The Kier molecular flexibility index (Phi) is 2.04. The largest absolute Gasteiger partial charge is 0.336 e. The third-order valence-corrected chi connectivity index (χ3v) is 3.07. The number of fused-ring (bicyclic) bond motifs is 1. The lowest BCUT2D eigenvalue weighted by atomic mass is 10.1. The Labute approximate surface area is 98.7 Å². The lowest BCUT2D eigenvalue weighted by molar-refractivity contribution is 0.959. The highest BCUT2D eigenvalue weighted by Gasteiger charge is 2.04. The van der Waals surface area contributed by atoms with Crippen LogP contribution in [-0.4, -0.2) is 8.97 Å². The van der Waals surface area contributed by atoms with Crippen LogP contribution in [0, 0.1) is 0 Å². The topological polar surface area (TPSA) is 9.34 Å². The molecule has 0 amide bonds. The first-order valence-electron chi connectivity index (χ1n) is 5.13. The van der Waals surface area contributed by atoms with E-state index < -0.39 is 0 Å². The molecule has 0 N–H and O–H groups in total. The molecular weight excluding hydrogens is 220 g/mol. The molecule has 0 fully saturated rings. The molecule has 0 aliphatic heterocycles. The van der Waals surface area contributed by atoms with Gasteiger partial charge in [-0.25, -0.2) is 0 Å². The van der Waals surface area contributed by atoms with Crippen molar-refractivity contribution in [1.82, 2.24) is 8.97 Å². The molecule has 0 saturated carbocycles. The maximum absolute atomic E-state index is 5.87. The van der Waals surface area contributed by atoms with Crippen LogP contribution in [0.2, 0.25) is 5.02 Å². The molecule has 0 atom stereocenters. The number of hydrogen-bond donors (Lipinski definition) is 0. The molecule has 0 bridgehead atoms. The van der Waals surface area contributed by atoms with Crippen molar-refractivity contribution in [2.75, 3.05) is 0 Å². The normalized spacial score (nSPS) is 11.1. The van der Waals surface area contributed by atoms with E-state index in [-0.39, 0.29) is 0 Å². The van der Waals surface area contributed by atoms with Crippen LogP contribution in [0.4, 0.5) is 0 Å². The first-order chi connectivity index (χ1) is 7.74. The van der Waals surface area contributed by atoms with Crippen LogP contribution in [0.1, 0.15) is 0 Å². The number of halogens is 1. The lowest BCUT2D eigenvalue weighted by Gasteiger charge is -1.96. The van der Waals surface area contributed by atoms with Gasteiger partial charge in [0, 0.05) is 36.2 Å². The van der Waals surface area contributed by atoms with Crippen molar-refractivity contribution in [1.29, 1.82) is 0 Å². The molecule has 0 spiro atoms. The molecule has 1 aromatic carbocycles. The predicted molar refractivity (Wildman–Crippen MR) is 66.8 cm³/mol. The summed E-state index contributed by atoms with van der Waals surface area (Å²) < 4.78 is 4.21. The van der Waals surface area contributed by atoms with Gasteiger partial charge in [-0.2, -0.15) is 0 Å². The molecule has 3 rings (SSSR count). The number of aryl methyl sites for hydroxylation is 1. The van der Waals surface area contributed by atoms with Crippen LogP contribution >= 0.6 is 11.6 Å². The minimum absolute atomic E-state index is 0.771. The fraction of sp³-hybridized carbons (Fsp3) is 0.0769. The fourth-order valence-corrected chi connectivity index (χ4v) is 2.04. The van der Waals surface area contributed by atoms with Gasteiger partial charge in [-0.15, -0.1) is 0 Å². The van der Waals surface area contributed by atoms with Crippen LogP contribution in [-0.2, 0) is 7.05 Å². The second-order valence-electron chi connectivity index (χ2n) is 3.91. The minimum Gasteiger partial charge on any atom is -0.336 e. The molecule has 3 heteroatoms. The summed E-state index contributed by atoms with van der Waals surface area (Å²) in [5.41, 5.74) is 3.58. The van der Waals surface area contributed by atoms with Gasteiger partial charge in [0.1, 0.15) is 5.65 Å². The van der Waals surface area contributed by atoms with Gasteiger partial charge in [0.25, 0.3) is 0 Å². The SMILES string of the molecule is Cn1ccn2cc(-c3ccc(Cl)cc3)cc12. The molecule has 2 nitrogen and oxygen atoms in total. The van der Waals surface area contributed by atoms with Crippen LogP contribution in [0.5, 0.6) is 0 Å². The third-order valence-electron chi connectivity index (χ3n) is 2.82. The monoisotopic (exact) mass is 230 g/mol. The highest BCUT2D eigenvalue weighted by molar-refractivity contribution is 6.30. The third kappa shape index (κ3) is 1.42.